The normalized spacial score (nSPS) is 16.7. The molecule has 4 rings (SSSR count). The third-order valence-electron chi connectivity index (χ3n) is 5.07. The highest BCUT2D eigenvalue weighted by atomic mass is 32.2. The number of nitrogens with zero attached hydrogens (tertiary/aromatic N) is 3. The average molecular weight is 493 g/mol. The average Bonchev–Trinajstić information content (AvgIpc) is 3.18. The number of carbonyl (C=O) groups is 1. The summed E-state index contributed by atoms with van der Waals surface area (Å²) in [7, 11) is -3.82. The van der Waals surface area contributed by atoms with E-state index in [1.54, 1.807) is 0 Å². The number of fused-ring (bicyclic) bond motifs is 1. The highest BCUT2D eigenvalue weighted by molar-refractivity contribution is 7.89. The predicted molar refractivity (Wildman–Crippen MR) is 121 cm³/mol. The molecular weight excluding hydrogens is 467 g/mol. The largest absolute Gasteiger partial charge is 0.490 e. The Labute approximate surface area is 196 Å². The van der Waals surface area contributed by atoms with E-state index in [4.69, 9.17) is 14.2 Å². The lowest BCUT2D eigenvalue weighted by Gasteiger charge is -2.23. The molecule has 2 aromatic heterocycles. The van der Waals surface area contributed by atoms with Gasteiger partial charge in [0.05, 0.1) is 42.8 Å². The number of sulfonamides is 1. The molecule has 34 heavy (non-hydrogen) atoms. The first-order valence-corrected chi connectivity index (χ1v) is 12.6. The van der Waals surface area contributed by atoms with Crippen molar-refractivity contribution in [2.45, 2.75) is 25.9 Å². The van der Waals surface area contributed by atoms with E-state index in [0.29, 0.717) is 42.3 Å². The SMILES string of the molecule is CC(C)c1nn(-c2ccc(F)cc2)c2nc(C(=O)NS(C)(=O)=O)cc(OCC3COCCO3)c12. The van der Waals surface area contributed by atoms with Crippen molar-refractivity contribution in [1.82, 2.24) is 19.5 Å². The highest BCUT2D eigenvalue weighted by Gasteiger charge is 2.25. The summed E-state index contributed by atoms with van der Waals surface area (Å²) in [6.45, 7) is 5.36. The van der Waals surface area contributed by atoms with Crippen LogP contribution >= 0.6 is 0 Å². The molecule has 0 aliphatic carbocycles. The summed E-state index contributed by atoms with van der Waals surface area (Å²) in [4.78, 5) is 17.1. The van der Waals surface area contributed by atoms with E-state index >= 15 is 0 Å². The number of benzene rings is 1. The van der Waals surface area contributed by atoms with Crippen molar-refractivity contribution in [3.63, 3.8) is 0 Å². The number of pyridine rings is 1. The van der Waals surface area contributed by atoms with Crippen molar-refractivity contribution in [1.29, 1.82) is 0 Å². The first-order valence-electron chi connectivity index (χ1n) is 10.7. The van der Waals surface area contributed by atoms with Crippen LogP contribution in [0.25, 0.3) is 16.7 Å². The maximum atomic E-state index is 13.5. The molecule has 1 aliphatic rings. The number of halogens is 1. The monoisotopic (exact) mass is 492 g/mol. The standard InChI is InChI=1S/C22H25FN4O6S/c1-13(2)20-19-18(33-12-16-11-31-8-9-32-16)10-17(22(28)26-34(3,29)30)24-21(19)27(25-20)15-6-4-14(23)5-7-15/h4-7,10,13,16H,8-9,11-12H2,1-3H3,(H,26,28). The van der Waals surface area contributed by atoms with Crippen LogP contribution in [0.2, 0.25) is 0 Å². The van der Waals surface area contributed by atoms with Gasteiger partial charge in [0.2, 0.25) is 10.0 Å². The number of carbonyl (C=O) groups excluding carboxylic acids is 1. The van der Waals surface area contributed by atoms with Gasteiger partial charge in [-0.15, -0.1) is 0 Å². The number of hydrogen-bond acceptors (Lipinski definition) is 8. The van der Waals surface area contributed by atoms with Gasteiger partial charge in [-0.2, -0.15) is 5.10 Å². The number of aromatic nitrogens is 3. The summed E-state index contributed by atoms with van der Waals surface area (Å²) in [6, 6.07) is 7.02. The van der Waals surface area contributed by atoms with Crippen LogP contribution in [-0.4, -0.2) is 67.9 Å². The van der Waals surface area contributed by atoms with Gasteiger partial charge < -0.3 is 14.2 Å². The van der Waals surface area contributed by atoms with Gasteiger partial charge in [0, 0.05) is 6.07 Å². The smallest absolute Gasteiger partial charge is 0.283 e. The van der Waals surface area contributed by atoms with Crippen LogP contribution in [0.15, 0.2) is 30.3 Å². The van der Waals surface area contributed by atoms with Crippen LogP contribution < -0.4 is 9.46 Å². The molecule has 3 aromatic rings. The van der Waals surface area contributed by atoms with E-state index in [-0.39, 0.29) is 30.0 Å². The van der Waals surface area contributed by atoms with Crippen molar-refractivity contribution in [2.24, 2.45) is 0 Å². The molecule has 0 saturated carbocycles. The van der Waals surface area contributed by atoms with Crippen LogP contribution in [0.1, 0.15) is 35.9 Å². The molecule has 1 N–H and O–H groups in total. The van der Waals surface area contributed by atoms with Gasteiger partial charge >= 0.3 is 0 Å². The molecule has 10 nitrogen and oxygen atoms in total. The topological polar surface area (TPSA) is 122 Å². The quantitative estimate of drug-likeness (QED) is 0.533. The first-order chi connectivity index (χ1) is 16.1. The molecule has 1 amide bonds. The lowest BCUT2D eigenvalue weighted by molar-refractivity contribution is -0.101. The number of ether oxygens (including phenoxy) is 3. The third-order valence-corrected chi connectivity index (χ3v) is 5.62. The number of nitrogens with one attached hydrogen (secondary N) is 1. The van der Waals surface area contributed by atoms with Gasteiger partial charge in [-0.3, -0.25) is 4.79 Å². The summed E-state index contributed by atoms with van der Waals surface area (Å²) in [6.07, 6.45) is 0.570. The molecule has 1 unspecified atom stereocenters. The maximum Gasteiger partial charge on any atom is 0.283 e. The molecule has 12 heteroatoms. The Balaban J connectivity index is 1.86. The minimum Gasteiger partial charge on any atom is -0.490 e. The molecular formula is C22H25FN4O6S. The minimum atomic E-state index is -3.82. The van der Waals surface area contributed by atoms with Crippen molar-refractivity contribution in [3.8, 4) is 11.4 Å². The van der Waals surface area contributed by atoms with Crippen molar-refractivity contribution >= 4 is 27.0 Å². The fourth-order valence-electron chi connectivity index (χ4n) is 3.54. The van der Waals surface area contributed by atoms with Crippen molar-refractivity contribution in [3.05, 3.63) is 47.5 Å². The van der Waals surface area contributed by atoms with Gasteiger partial charge in [-0.25, -0.2) is 27.2 Å². The minimum absolute atomic E-state index is 0.0432. The van der Waals surface area contributed by atoms with Crippen molar-refractivity contribution < 1.29 is 31.8 Å². The maximum absolute atomic E-state index is 13.5. The summed E-state index contributed by atoms with van der Waals surface area (Å²) in [5, 5.41) is 5.23. The zero-order valence-corrected chi connectivity index (χ0v) is 19.8. The number of amides is 1. The van der Waals surface area contributed by atoms with Crippen LogP contribution in [0.5, 0.6) is 5.75 Å². The molecule has 0 spiro atoms. The Hall–Kier alpha value is -3.09. The Morgan fingerprint density at radius 2 is 2.03 bits per heavy atom. The van der Waals surface area contributed by atoms with Gasteiger partial charge in [0.25, 0.3) is 5.91 Å². The van der Waals surface area contributed by atoms with Crippen LogP contribution in [0, 0.1) is 5.82 Å². The lowest BCUT2D eigenvalue weighted by Crippen LogP contribution is -2.33. The summed E-state index contributed by atoms with van der Waals surface area (Å²) in [5.74, 6) is -1.07. The van der Waals surface area contributed by atoms with Crippen LogP contribution in [0.3, 0.4) is 0 Å². The van der Waals surface area contributed by atoms with E-state index in [9.17, 15) is 17.6 Å². The number of rotatable bonds is 7. The lowest BCUT2D eigenvalue weighted by atomic mass is 10.1. The molecule has 3 heterocycles. The molecule has 1 fully saturated rings. The number of hydrogen-bond donors (Lipinski definition) is 1. The van der Waals surface area contributed by atoms with E-state index in [1.807, 2.05) is 18.6 Å². The fourth-order valence-corrected chi connectivity index (χ4v) is 3.98. The van der Waals surface area contributed by atoms with Crippen LogP contribution in [-0.2, 0) is 19.5 Å². The molecule has 1 atom stereocenters. The second-order valence-electron chi connectivity index (χ2n) is 8.21. The highest BCUT2D eigenvalue weighted by Crippen LogP contribution is 2.34. The van der Waals surface area contributed by atoms with Gasteiger partial charge in [0.1, 0.15) is 30.0 Å². The van der Waals surface area contributed by atoms with E-state index in [0.717, 1.165) is 6.26 Å². The molecule has 182 valence electrons. The van der Waals surface area contributed by atoms with Gasteiger partial charge in [-0.1, -0.05) is 13.8 Å². The van der Waals surface area contributed by atoms with E-state index < -0.39 is 21.7 Å². The van der Waals surface area contributed by atoms with E-state index in [2.05, 4.69) is 10.1 Å². The van der Waals surface area contributed by atoms with Crippen LogP contribution in [0.4, 0.5) is 4.39 Å². The molecule has 1 saturated heterocycles. The molecule has 1 aliphatic heterocycles. The Kier molecular flexibility index (Phi) is 6.82. The Morgan fingerprint density at radius 3 is 2.65 bits per heavy atom. The molecule has 0 bridgehead atoms. The summed E-state index contributed by atoms with van der Waals surface area (Å²) in [5.41, 5.74) is 1.26. The first kappa shape index (κ1) is 24.0. The zero-order chi connectivity index (χ0) is 24.5. The van der Waals surface area contributed by atoms with Crippen molar-refractivity contribution in [2.75, 3.05) is 32.7 Å². The second kappa shape index (κ2) is 9.65. The van der Waals surface area contributed by atoms with E-state index in [1.165, 1.54) is 35.0 Å². The Morgan fingerprint density at radius 1 is 1.29 bits per heavy atom. The van der Waals surface area contributed by atoms with Gasteiger partial charge in [-0.05, 0) is 30.2 Å². The molecule has 0 radical (unpaired) electrons. The molecule has 1 aromatic carbocycles. The Bertz CT molecular complexity index is 1300. The zero-order valence-electron chi connectivity index (χ0n) is 18.9. The predicted octanol–water partition coefficient (Wildman–Crippen LogP) is 2.17. The third kappa shape index (κ3) is 5.34. The second-order valence-corrected chi connectivity index (χ2v) is 9.96. The summed E-state index contributed by atoms with van der Waals surface area (Å²) < 4.78 is 57.3. The summed E-state index contributed by atoms with van der Waals surface area (Å²) >= 11 is 0. The fraction of sp³-hybridized carbons (Fsp3) is 0.409. The van der Waals surface area contributed by atoms with Gasteiger partial charge in [0.15, 0.2) is 5.65 Å².